The second-order valence-electron chi connectivity index (χ2n) is 7.86. The fourth-order valence-electron chi connectivity index (χ4n) is 4.05. The van der Waals surface area contributed by atoms with Crippen LogP contribution in [0.2, 0.25) is 5.02 Å². The molecule has 1 saturated carbocycles. The number of nitrogens with one attached hydrogen (secondary N) is 1. The molecule has 1 aliphatic carbocycles. The van der Waals surface area contributed by atoms with Gasteiger partial charge in [0.2, 0.25) is 5.91 Å². The van der Waals surface area contributed by atoms with E-state index < -0.39 is 0 Å². The van der Waals surface area contributed by atoms with Gasteiger partial charge in [-0.25, -0.2) is 14.8 Å². The third kappa shape index (κ3) is 5.21. The van der Waals surface area contributed by atoms with Gasteiger partial charge in [0.05, 0.1) is 7.11 Å². The van der Waals surface area contributed by atoms with Crippen molar-refractivity contribution in [1.82, 2.24) is 20.2 Å². The van der Waals surface area contributed by atoms with E-state index in [0.29, 0.717) is 29.9 Å². The minimum absolute atomic E-state index is 0.00171. The molecule has 1 saturated heterocycles. The van der Waals surface area contributed by atoms with Gasteiger partial charge in [-0.2, -0.15) is 0 Å². The van der Waals surface area contributed by atoms with Gasteiger partial charge in [0.1, 0.15) is 12.6 Å². The number of urea groups is 1. The molecule has 1 N–H and O–H groups in total. The lowest BCUT2D eigenvalue weighted by Crippen LogP contribution is -2.45. The number of hydrogen-bond acceptors (Lipinski definition) is 6. The van der Waals surface area contributed by atoms with Gasteiger partial charge in [0.25, 0.3) is 11.8 Å². The van der Waals surface area contributed by atoms with Crippen LogP contribution in [0.4, 0.5) is 10.5 Å². The molecule has 1 aromatic heterocycles. The summed E-state index contributed by atoms with van der Waals surface area (Å²) in [6.45, 7) is 1.10. The molecular formula is C22H26ClN5O4. The highest BCUT2D eigenvalue weighted by Crippen LogP contribution is 2.27. The highest BCUT2D eigenvalue weighted by Gasteiger charge is 2.32. The minimum atomic E-state index is -0.169. The van der Waals surface area contributed by atoms with Gasteiger partial charge in [-0.1, -0.05) is 11.6 Å². The van der Waals surface area contributed by atoms with E-state index in [0.717, 1.165) is 31.4 Å². The molecule has 0 bridgehead atoms. The first-order valence-corrected chi connectivity index (χ1v) is 11.0. The molecule has 4 rings (SSSR count). The third-order valence-electron chi connectivity index (χ3n) is 5.71. The zero-order valence-corrected chi connectivity index (χ0v) is 18.6. The van der Waals surface area contributed by atoms with E-state index in [4.69, 9.17) is 21.1 Å². The topological polar surface area (TPSA) is 96.9 Å². The fraction of sp³-hybridized carbons (Fsp3) is 0.455. The van der Waals surface area contributed by atoms with Crippen molar-refractivity contribution in [2.75, 3.05) is 31.6 Å². The van der Waals surface area contributed by atoms with Crippen molar-refractivity contribution in [1.29, 1.82) is 0 Å². The smallest absolute Gasteiger partial charge is 0.325 e. The summed E-state index contributed by atoms with van der Waals surface area (Å²) in [5, 5.41) is 3.68. The first-order valence-electron chi connectivity index (χ1n) is 10.7. The number of ether oxygens (including phenoxy) is 2. The number of aromatic nitrogens is 2. The van der Waals surface area contributed by atoms with Crippen LogP contribution < -0.4 is 19.7 Å². The van der Waals surface area contributed by atoms with Crippen LogP contribution in [0.15, 0.2) is 36.7 Å². The summed E-state index contributed by atoms with van der Waals surface area (Å²) in [6, 6.07) is 7.01. The van der Waals surface area contributed by atoms with E-state index in [-0.39, 0.29) is 30.6 Å². The summed E-state index contributed by atoms with van der Waals surface area (Å²) in [7, 11) is 1.53. The lowest BCUT2D eigenvalue weighted by molar-refractivity contribution is -0.122. The molecule has 3 amide bonds. The average molecular weight is 460 g/mol. The van der Waals surface area contributed by atoms with Crippen LogP contribution in [0.5, 0.6) is 11.8 Å². The number of hydrogen-bond donors (Lipinski definition) is 1. The molecule has 0 unspecified atom stereocenters. The van der Waals surface area contributed by atoms with Gasteiger partial charge < -0.3 is 19.7 Å². The third-order valence-corrected chi connectivity index (χ3v) is 5.96. The number of methoxy groups -OCH3 is 1. The average Bonchev–Trinajstić information content (AvgIpc) is 3.16. The van der Waals surface area contributed by atoms with Gasteiger partial charge >= 0.3 is 6.03 Å². The molecule has 2 heterocycles. The lowest BCUT2D eigenvalue weighted by atomic mass is 9.93. The summed E-state index contributed by atoms with van der Waals surface area (Å²) >= 11 is 5.92. The zero-order valence-electron chi connectivity index (χ0n) is 17.9. The Labute approximate surface area is 191 Å². The molecule has 1 aliphatic heterocycles. The van der Waals surface area contributed by atoms with Crippen molar-refractivity contribution in [2.45, 2.75) is 37.8 Å². The molecule has 10 heteroatoms. The molecule has 0 radical (unpaired) electrons. The van der Waals surface area contributed by atoms with Gasteiger partial charge in [-0.3, -0.25) is 9.69 Å². The summed E-state index contributed by atoms with van der Waals surface area (Å²) in [5.41, 5.74) is 0.778. The number of anilines is 1. The van der Waals surface area contributed by atoms with Crippen molar-refractivity contribution in [3.63, 3.8) is 0 Å². The van der Waals surface area contributed by atoms with E-state index in [2.05, 4.69) is 15.3 Å². The van der Waals surface area contributed by atoms with E-state index in [1.807, 2.05) is 0 Å². The van der Waals surface area contributed by atoms with Gasteiger partial charge in [-0.05, 0) is 49.9 Å². The summed E-state index contributed by atoms with van der Waals surface area (Å²) in [5.74, 6) is 0.613. The van der Waals surface area contributed by atoms with Gasteiger partial charge in [0.15, 0.2) is 0 Å². The Hall–Kier alpha value is -3.07. The van der Waals surface area contributed by atoms with Crippen LogP contribution in [0.1, 0.15) is 25.7 Å². The molecule has 32 heavy (non-hydrogen) atoms. The molecule has 0 spiro atoms. The largest absolute Gasteiger partial charge is 0.477 e. The predicted octanol–water partition coefficient (Wildman–Crippen LogP) is 2.89. The van der Waals surface area contributed by atoms with E-state index in [1.54, 1.807) is 46.5 Å². The second-order valence-corrected chi connectivity index (χ2v) is 8.30. The first-order chi connectivity index (χ1) is 15.5. The van der Waals surface area contributed by atoms with Crippen molar-refractivity contribution >= 4 is 29.2 Å². The highest BCUT2D eigenvalue weighted by molar-refractivity contribution is 6.30. The Morgan fingerprint density at radius 3 is 2.47 bits per heavy atom. The molecule has 2 fully saturated rings. The maximum absolute atomic E-state index is 12.7. The van der Waals surface area contributed by atoms with E-state index >= 15 is 0 Å². The molecule has 1 aromatic carbocycles. The lowest BCUT2D eigenvalue weighted by Gasteiger charge is -2.29. The number of benzene rings is 1. The molecular weight excluding hydrogens is 434 g/mol. The summed E-state index contributed by atoms with van der Waals surface area (Å²) < 4.78 is 11.1. The number of carbonyl (C=O) groups excluding carboxylic acids is 2. The molecule has 170 valence electrons. The minimum Gasteiger partial charge on any atom is -0.477 e. The van der Waals surface area contributed by atoms with Crippen LogP contribution in [-0.2, 0) is 4.79 Å². The van der Waals surface area contributed by atoms with Crippen LogP contribution in [0.3, 0.4) is 0 Å². The quantitative estimate of drug-likeness (QED) is 0.683. The zero-order chi connectivity index (χ0) is 22.5. The van der Waals surface area contributed by atoms with E-state index in [9.17, 15) is 9.59 Å². The predicted molar refractivity (Wildman–Crippen MR) is 119 cm³/mol. The SMILES string of the molecule is COc1nccnc1OC1CCC(NC(=O)CN2CCN(c3ccc(Cl)cc3)C2=O)CC1. The summed E-state index contributed by atoms with van der Waals surface area (Å²) in [6.07, 6.45) is 6.29. The highest BCUT2D eigenvalue weighted by atomic mass is 35.5. The summed E-state index contributed by atoms with van der Waals surface area (Å²) in [4.78, 5) is 36.7. The molecule has 2 aromatic rings. The van der Waals surface area contributed by atoms with Crippen LogP contribution in [0.25, 0.3) is 0 Å². The Balaban J connectivity index is 1.22. The van der Waals surface area contributed by atoms with Crippen LogP contribution >= 0.6 is 11.6 Å². The van der Waals surface area contributed by atoms with Crippen molar-refractivity contribution < 1.29 is 19.1 Å². The number of carbonyl (C=O) groups is 2. The Morgan fingerprint density at radius 1 is 1.09 bits per heavy atom. The van der Waals surface area contributed by atoms with Gasteiger partial charge in [-0.15, -0.1) is 0 Å². The fourth-order valence-corrected chi connectivity index (χ4v) is 4.18. The monoisotopic (exact) mass is 459 g/mol. The number of amides is 3. The van der Waals surface area contributed by atoms with Crippen LogP contribution in [-0.4, -0.2) is 65.7 Å². The Kier molecular flexibility index (Phi) is 6.94. The normalized spacial score (nSPS) is 20.9. The number of halogens is 1. The molecule has 2 aliphatic rings. The van der Waals surface area contributed by atoms with Gasteiger partial charge in [0, 0.05) is 42.2 Å². The number of nitrogens with zero attached hydrogens (tertiary/aromatic N) is 4. The molecule has 9 nitrogen and oxygen atoms in total. The van der Waals surface area contributed by atoms with E-state index in [1.165, 1.54) is 7.11 Å². The maximum atomic E-state index is 12.7. The second kappa shape index (κ2) is 10.0. The van der Waals surface area contributed by atoms with Crippen molar-refractivity contribution in [3.8, 4) is 11.8 Å². The van der Waals surface area contributed by atoms with Crippen molar-refractivity contribution in [3.05, 3.63) is 41.7 Å². The van der Waals surface area contributed by atoms with Crippen molar-refractivity contribution in [2.24, 2.45) is 0 Å². The van der Waals surface area contributed by atoms with Crippen LogP contribution in [0, 0.1) is 0 Å². The Bertz CT molecular complexity index is 950. The molecule has 0 atom stereocenters. The first kappa shape index (κ1) is 22.1. The number of rotatable bonds is 7. The Morgan fingerprint density at radius 2 is 1.78 bits per heavy atom. The standard InChI is InChI=1S/C22H26ClN5O4/c1-31-20-21(25-11-10-24-20)32-18-8-4-16(5-9-18)26-19(29)14-27-12-13-28(22(27)30)17-6-2-15(23)3-7-17/h2-3,6-7,10-11,16,18H,4-5,8-9,12-14H2,1H3,(H,26,29). The maximum Gasteiger partial charge on any atom is 0.325 e.